The van der Waals surface area contributed by atoms with Crippen LogP contribution in [0.25, 0.3) is 0 Å². The average Bonchev–Trinajstić information content (AvgIpc) is 3.30. The molecule has 0 saturated carbocycles. The molecule has 0 aliphatic heterocycles. The molecule has 0 spiro atoms. The summed E-state index contributed by atoms with van der Waals surface area (Å²) in [5, 5.41) is 0. The summed E-state index contributed by atoms with van der Waals surface area (Å²) < 4.78 is 0.816. The molecule has 0 nitrogen and oxygen atoms in total. The van der Waals surface area contributed by atoms with Crippen molar-refractivity contribution in [3.8, 4) is 0 Å². The molecule has 0 N–H and O–H groups in total. The first-order chi connectivity index (χ1) is 11.8. The Labute approximate surface area is 162 Å². The van der Waals surface area contributed by atoms with E-state index in [9.17, 15) is 0 Å². The predicted octanol–water partition coefficient (Wildman–Crippen LogP) is 7.05. The fourth-order valence-corrected chi connectivity index (χ4v) is 23.9. The van der Waals surface area contributed by atoms with E-state index in [-0.39, 0.29) is 9.51 Å². The summed E-state index contributed by atoms with van der Waals surface area (Å²) in [5.41, 5.74) is 0. The molecule has 25 heavy (non-hydrogen) atoms. The molecule has 0 radical (unpaired) electrons. The van der Waals surface area contributed by atoms with Crippen LogP contribution in [0, 0.1) is 17.8 Å². The van der Waals surface area contributed by atoms with Gasteiger partial charge < -0.3 is 0 Å². The van der Waals surface area contributed by atoms with Gasteiger partial charge in [0.05, 0.1) is 0 Å². The topological polar surface area (TPSA) is 0 Å². The molecular weight excluding hydrogens is 403 g/mol. The Bertz CT molecular complexity index is 548. The van der Waals surface area contributed by atoms with Crippen molar-refractivity contribution in [1.29, 1.82) is 0 Å². The second-order valence-corrected chi connectivity index (χ2v) is 20.1. The minimum absolute atomic E-state index is 0.272. The summed E-state index contributed by atoms with van der Waals surface area (Å²) in [6, 6.07) is 0. The molecule has 3 aliphatic rings. The third-order valence-corrected chi connectivity index (χ3v) is 24.7. The zero-order valence-electron chi connectivity index (χ0n) is 16.7. The molecule has 0 heterocycles. The van der Waals surface area contributed by atoms with E-state index >= 15 is 0 Å². The van der Waals surface area contributed by atoms with Crippen molar-refractivity contribution in [1.82, 2.24) is 0 Å². The second kappa shape index (κ2) is 6.80. The Hall–Kier alpha value is -0.690. The molecule has 3 aliphatic carbocycles. The van der Waals surface area contributed by atoms with Gasteiger partial charge in [0.2, 0.25) is 0 Å². The third kappa shape index (κ3) is 2.73. The van der Waals surface area contributed by atoms with E-state index in [1.54, 1.807) is 0 Å². The van der Waals surface area contributed by atoms with Gasteiger partial charge in [-0.1, -0.05) is 0 Å². The van der Waals surface area contributed by atoms with Crippen molar-refractivity contribution in [2.45, 2.75) is 51.1 Å². The van der Waals surface area contributed by atoms with Gasteiger partial charge in [0.1, 0.15) is 0 Å². The molecule has 0 saturated heterocycles. The van der Waals surface area contributed by atoms with Crippen molar-refractivity contribution in [2.24, 2.45) is 17.8 Å². The molecule has 0 aromatic carbocycles. The quantitative estimate of drug-likeness (QED) is 0.419. The minimum atomic E-state index is -2.49. The summed E-state index contributed by atoms with van der Waals surface area (Å²) in [4.78, 5) is 0. The summed E-state index contributed by atoms with van der Waals surface area (Å²) in [6.45, 7) is 14.6. The third-order valence-electron chi connectivity index (χ3n) is 7.14. The molecule has 1 heteroatoms. The van der Waals surface area contributed by atoms with E-state index in [2.05, 4.69) is 114 Å². The van der Waals surface area contributed by atoms with Crippen molar-refractivity contribution >= 4 is 21.4 Å². The number of hydrogen-bond donors (Lipinski definition) is 0. The van der Waals surface area contributed by atoms with Crippen LogP contribution in [-0.2, 0) is 0 Å². The molecule has 0 fully saturated rings. The van der Waals surface area contributed by atoms with Gasteiger partial charge in [-0.25, -0.2) is 0 Å². The summed E-state index contributed by atoms with van der Waals surface area (Å²) in [6.07, 6.45) is 29.4. The van der Waals surface area contributed by atoms with E-state index in [0.29, 0.717) is 17.8 Å². The first-order valence-corrected chi connectivity index (χ1v) is 14.9. The fourth-order valence-electron chi connectivity index (χ4n) is 5.53. The van der Waals surface area contributed by atoms with Gasteiger partial charge in [0.25, 0.3) is 0 Å². The van der Waals surface area contributed by atoms with Crippen LogP contribution < -0.4 is 0 Å². The second-order valence-electron chi connectivity index (χ2n) is 9.05. The van der Waals surface area contributed by atoms with E-state index < -0.39 is 21.4 Å². The molecule has 0 unspecified atom stereocenters. The molecule has 0 aromatic rings. The Balaban J connectivity index is 2.31. The zero-order valence-corrected chi connectivity index (χ0v) is 20.0. The maximum absolute atomic E-state index is 2.58. The summed E-state index contributed by atoms with van der Waals surface area (Å²) in [7, 11) is 0. The van der Waals surface area contributed by atoms with Crippen molar-refractivity contribution in [3.63, 3.8) is 0 Å². The van der Waals surface area contributed by atoms with Gasteiger partial charge in [-0.3, -0.25) is 0 Å². The molecule has 0 bridgehead atoms. The van der Waals surface area contributed by atoms with E-state index in [1.165, 1.54) is 0 Å². The maximum atomic E-state index is 2.58. The molecule has 3 rings (SSSR count). The van der Waals surface area contributed by atoms with E-state index in [0.717, 1.165) is 0 Å². The first kappa shape index (κ1) is 19.1. The van der Waals surface area contributed by atoms with Crippen LogP contribution >= 0.6 is 0 Å². The van der Waals surface area contributed by atoms with Gasteiger partial charge in [-0.05, 0) is 0 Å². The van der Waals surface area contributed by atoms with Crippen LogP contribution in [-0.4, -0.2) is 21.4 Å². The number of hydrogen-bond acceptors (Lipinski definition) is 0. The van der Waals surface area contributed by atoms with Crippen molar-refractivity contribution < 1.29 is 0 Å². The van der Waals surface area contributed by atoms with Crippen LogP contribution in [0.1, 0.15) is 41.5 Å². The molecular formula is C24H33In-2. The normalized spacial score (nSPS) is 24.2. The van der Waals surface area contributed by atoms with Gasteiger partial charge in [0, 0.05) is 0 Å². The van der Waals surface area contributed by atoms with Crippen LogP contribution in [0.4, 0.5) is 0 Å². The SMILES string of the molecule is CC(C)[C]1([In-2]([C]2(C(C)C)C=CC=C2)[C]2(C(C)C)C=CC=C2)C=CC=C1. The Morgan fingerprint density at radius 2 is 0.640 bits per heavy atom. The van der Waals surface area contributed by atoms with Crippen molar-refractivity contribution in [3.05, 3.63) is 72.9 Å². The predicted molar refractivity (Wildman–Crippen MR) is 113 cm³/mol. The summed E-state index contributed by atoms with van der Waals surface area (Å²) in [5.74, 6) is 1.91. The molecule has 0 amide bonds. The zero-order chi connectivity index (χ0) is 18.3. The molecule has 134 valence electrons. The van der Waals surface area contributed by atoms with Crippen LogP contribution in [0.5, 0.6) is 0 Å². The Morgan fingerprint density at radius 3 is 0.800 bits per heavy atom. The number of allylic oxidation sites excluding steroid dienone is 12. The van der Waals surface area contributed by atoms with Crippen molar-refractivity contribution in [2.75, 3.05) is 0 Å². The monoisotopic (exact) mass is 436 g/mol. The van der Waals surface area contributed by atoms with Crippen LogP contribution in [0.3, 0.4) is 0 Å². The first-order valence-electron chi connectivity index (χ1n) is 9.93. The van der Waals surface area contributed by atoms with Gasteiger partial charge in [-0.2, -0.15) is 0 Å². The molecule has 0 atom stereocenters. The average molecular weight is 436 g/mol. The molecule has 0 aromatic heterocycles. The van der Waals surface area contributed by atoms with Gasteiger partial charge in [0.15, 0.2) is 0 Å². The van der Waals surface area contributed by atoms with E-state index in [4.69, 9.17) is 0 Å². The van der Waals surface area contributed by atoms with Gasteiger partial charge >= 0.3 is 163 Å². The van der Waals surface area contributed by atoms with Gasteiger partial charge in [-0.15, -0.1) is 0 Å². The van der Waals surface area contributed by atoms with E-state index in [1.807, 2.05) is 0 Å². The Kier molecular flexibility index (Phi) is 5.19. The fraction of sp³-hybridized carbons (Fsp3) is 0.500. The summed E-state index contributed by atoms with van der Waals surface area (Å²) >= 11 is -2.49. The standard InChI is InChI=1S/3C8H11.In/c3*1-7(2)8-5-3-4-6-8;/h3*3-7H,1-2H3;/q;;;-2. The number of rotatable bonds is 6. The van der Waals surface area contributed by atoms with Crippen LogP contribution in [0.2, 0.25) is 9.51 Å². The van der Waals surface area contributed by atoms with Crippen LogP contribution in [0.15, 0.2) is 72.9 Å². The Morgan fingerprint density at radius 1 is 0.440 bits per heavy atom.